The summed E-state index contributed by atoms with van der Waals surface area (Å²) in [5.74, 6) is 1.66. The minimum atomic E-state index is -0.178. The molecule has 2 unspecified atom stereocenters. The van der Waals surface area contributed by atoms with Gasteiger partial charge in [0.15, 0.2) is 0 Å². The highest BCUT2D eigenvalue weighted by atomic mass is 32.2. The predicted octanol–water partition coefficient (Wildman–Crippen LogP) is 1.97. The molecule has 0 radical (unpaired) electrons. The van der Waals surface area contributed by atoms with Crippen LogP contribution in [0.3, 0.4) is 0 Å². The molecule has 96 valence electrons. The Hall–Kier alpha value is -0.220. The van der Waals surface area contributed by atoms with Crippen molar-refractivity contribution in [3.8, 4) is 0 Å². The van der Waals surface area contributed by atoms with Crippen molar-refractivity contribution in [2.45, 2.75) is 62.4 Å². The highest BCUT2D eigenvalue weighted by Gasteiger charge is 2.51. The molecule has 1 N–H and O–H groups in total. The zero-order valence-electron chi connectivity index (χ0n) is 10.6. The average Bonchev–Trinajstić information content (AvgIpc) is 2.99. The molecule has 1 saturated carbocycles. The second-order valence-corrected chi connectivity index (χ2v) is 7.11. The quantitative estimate of drug-likeness (QED) is 0.818. The van der Waals surface area contributed by atoms with Crippen LogP contribution in [0.2, 0.25) is 0 Å². The van der Waals surface area contributed by atoms with E-state index in [2.05, 4.69) is 17.1 Å². The second kappa shape index (κ2) is 4.47. The fourth-order valence-electron chi connectivity index (χ4n) is 3.58. The number of carbonyl (C=O) groups is 1. The van der Waals surface area contributed by atoms with Crippen LogP contribution in [0.15, 0.2) is 0 Å². The van der Waals surface area contributed by atoms with Gasteiger partial charge in [0, 0.05) is 11.8 Å². The summed E-state index contributed by atoms with van der Waals surface area (Å²) in [5, 5.41) is 4.25. The van der Waals surface area contributed by atoms with Crippen molar-refractivity contribution in [3.63, 3.8) is 0 Å². The first-order valence-electron chi connectivity index (χ1n) is 6.92. The van der Waals surface area contributed by atoms with Crippen molar-refractivity contribution in [1.29, 1.82) is 0 Å². The molecule has 1 aliphatic carbocycles. The Balaban J connectivity index is 1.70. The van der Waals surface area contributed by atoms with E-state index in [0.29, 0.717) is 11.2 Å². The molecule has 4 heteroatoms. The molecule has 1 spiro atoms. The van der Waals surface area contributed by atoms with Gasteiger partial charge in [0.25, 0.3) is 0 Å². The summed E-state index contributed by atoms with van der Waals surface area (Å²) in [6.07, 6.45) is 7.35. The van der Waals surface area contributed by atoms with Crippen LogP contribution in [0.25, 0.3) is 0 Å². The predicted molar refractivity (Wildman–Crippen MR) is 71.0 cm³/mol. The van der Waals surface area contributed by atoms with E-state index in [1.54, 1.807) is 0 Å². The third-order valence-electron chi connectivity index (χ3n) is 4.50. The van der Waals surface area contributed by atoms with Crippen molar-refractivity contribution < 1.29 is 4.79 Å². The monoisotopic (exact) mass is 254 g/mol. The first-order valence-corrected chi connectivity index (χ1v) is 7.96. The smallest absolute Gasteiger partial charge is 0.244 e. The normalized spacial score (nSPS) is 36.3. The zero-order chi connectivity index (χ0) is 11.9. The Morgan fingerprint density at radius 1 is 1.41 bits per heavy atom. The Morgan fingerprint density at radius 2 is 2.18 bits per heavy atom. The minimum Gasteiger partial charge on any atom is -0.325 e. The topological polar surface area (TPSA) is 32.3 Å². The molecule has 2 aliphatic heterocycles. The van der Waals surface area contributed by atoms with Crippen LogP contribution < -0.4 is 5.32 Å². The number of hydrogen-bond acceptors (Lipinski definition) is 3. The van der Waals surface area contributed by atoms with Gasteiger partial charge in [0.1, 0.15) is 0 Å². The van der Waals surface area contributed by atoms with Crippen molar-refractivity contribution in [2.75, 3.05) is 12.3 Å². The maximum absolute atomic E-state index is 12.6. The third kappa shape index (κ3) is 1.99. The van der Waals surface area contributed by atoms with Gasteiger partial charge in [-0.15, -0.1) is 0 Å². The molecular weight excluding hydrogens is 232 g/mol. The highest BCUT2D eigenvalue weighted by Crippen LogP contribution is 2.37. The number of hydrogen-bond donors (Lipinski definition) is 1. The summed E-state index contributed by atoms with van der Waals surface area (Å²) in [5.41, 5.74) is -0.178. The van der Waals surface area contributed by atoms with E-state index >= 15 is 0 Å². The molecule has 0 bridgehead atoms. The van der Waals surface area contributed by atoms with Gasteiger partial charge in [-0.25, -0.2) is 0 Å². The minimum absolute atomic E-state index is 0.178. The van der Waals surface area contributed by atoms with E-state index in [4.69, 9.17) is 0 Å². The van der Waals surface area contributed by atoms with Crippen LogP contribution in [0.1, 0.15) is 45.4 Å². The van der Waals surface area contributed by atoms with Gasteiger partial charge in [-0.2, -0.15) is 11.8 Å². The average molecular weight is 254 g/mol. The van der Waals surface area contributed by atoms with Crippen LogP contribution in [0, 0.1) is 0 Å². The van der Waals surface area contributed by atoms with Crippen LogP contribution in [-0.2, 0) is 4.79 Å². The van der Waals surface area contributed by atoms with Crippen LogP contribution >= 0.6 is 11.8 Å². The Morgan fingerprint density at radius 3 is 2.82 bits per heavy atom. The number of rotatable bonds is 2. The number of nitrogens with zero attached hydrogens (tertiary/aromatic N) is 1. The molecular formula is C13H22N2OS. The number of amides is 1. The van der Waals surface area contributed by atoms with Gasteiger partial charge in [0.2, 0.25) is 5.91 Å². The number of carbonyl (C=O) groups excluding carboxylic acids is 1. The molecule has 0 aromatic heterocycles. The molecule has 3 nitrogen and oxygen atoms in total. The van der Waals surface area contributed by atoms with Crippen molar-refractivity contribution in [3.05, 3.63) is 0 Å². The lowest BCUT2D eigenvalue weighted by atomic mass is 9.98. The standard InChI is InChI=1S/C13H22N2OS/c1-10-14-13(6-2-3-7-13)12(16)15(10)9-11-5-4-8-17-11/h10-11,14H,2-9H2,1H3. The largest absolute Gasteiger partial charge is 0.325 e. The van der Waals surface area contributed by atoms with E-state index < -0.39 is 0 Å². The molecule has 0 aromatic carbocycles. The Kier molecular flexibility index (Phi) is 3.11. The van der Waals surface area contributed by atoms with Crippen LogP contribution in [-0.4, -0.2) is 40.1 Å². The Bertz CT molecular complexity index is 309. The van der Waals surface area contributed by atoms with Gasteiger partial charge in [-0.05, 0) is 38.4 Å². The van der Waals surface area contributed by atoms with Gasteiger partial charge < -0.3 is 4.90 Å². The molecule has 2 saturated heterocycles. The van der Waals surface area contributed by atoms with Gasteiger partial charge in [-0.3, -0.25) is 10.1 Å². The first kappa shape index (κ1) is 11.8. The summed E-state index contributed by atoms with van der Waals surface area (Å²) in [4.78, 5) is 14.7. The number of thioether (sulfide) groups is 1. The Labute approximate surface area is 108 Å². The lowest BCUT2D eigenvalue weighted by Gasteiger charge is -2.24. The van der Waals surface area contributed by atoms with E-state index in [-0.39, 0.29) is 11.7 Å². The SMILES string of the molecule is CC1NC2(CCCC2)C(=O)N1CC1CCCS1. The first-order chi connectivity index (χ1) is 8.21. The highest BCUT2D eigenvalue weighted by molar-refractivity contribution is 8.00. The van der Waals surface area contributed by atoms with E-state index in [1.165, 1.54) is 31.4 Å². The molecule has 3 fully saturated rings. The summed E-state index contributed by atoms with van der Waals surface area (Å²) in [6, 6.07) is 0. The second-order valence-electron chi connectivity index (χ2n) is 5.70. The molecule has 3 aliphatic rings. The van der Waals surface area contributed by atoms with Crippen molar-refractivity contribution in [1.82, 2.24) is 10.2 Å². The van der Waals surface area contributed by atoms with Gasteiger partial charge >= 0.3 is 0 Å². The fourth-order valence-corrected chi connectivity index (χ4v) is 4.84. The molecule has 1 amide bonds. The van der Waals surface area contributed by atoms with Crippen molar-refractivity contribution >= 4 is 17.7 Å². The van der Waals surface area contributed by atoms with Crippen LogP contribution in [0.5, 0.6) is 0 Å². The summed E-state index contributed by atoms with van der Waals surface area (Å²) < 4.78 is 0. The van der Waals surface area contributed by atoms with E-state index in [0.717, 1.165) is 19.4 Å². The fraction of sp³-hybridized carbons (Fsp3) is 0.923. The van der Waals surface area contributed by atoms with Gasteiger partial charge in [0.05, 0.1) is 11.7 Å². The maximum Gasteiger partial charge on any atom is 0.244 e. The lowest BCUT2D eigenvalue weighted by molar-refractivity contribution is -0.133. The lowest BCUT2D eigenvalue weighted by Crippen LogP contribution is -2.44. The molecule has 2 heterocycles. The van der Waals surface area contributed by atoms with E-state index in [9.17, 15) is 4.79 Å². The van der Waals surface area contributed by atoms with Crippen molar-refractivity contribution in [2.24, 2.45) is 0 Å². The third-order valence-corrected chi connectivity index (χ3v) is 5.88. The van der Waals surface area contributed by atoms with Gasteiger partial charge in [-0.1, -0.05) is 12.8 Å². The van der Waals surface area contributed by atoms with E-state index in [1.807, 2.05) is 11.8 Å². The molecule has 2 atom stereocenters. The molecule has 3 rings (SSSR count). The molecule has 17 heavy (non-hydrogen) atoms. The number of nitrogens with one attached hydrogen (secondary N) is 1. The van der Waals surface area contributed by atoms with Crippen LogP contribution in [0.4, 0.5) is 0 Å². The summed E-state index contributed by atoms with van der Waals surface area (Å²) in [7, 11) is 0. The molecule has 0 aromatic rings. The summed E-state index contributed by atoms with van der Waals surface area (Å²) >= 11 is 2.04. The zero-order valence-corrected chi connectivity index (χ0v) is 11.4. The summed E-state index contributed by atoms with van der Waals surface area (Å²) in [6.45, 7) is 3.10. The maximum atomic E-state index is 12.6.